The Hall–Kier alpha value is -0.370. The molecule has 1 aliphatic heterocycles. The first-order chi connectivity index (χ1) is 3.97. The summed E-state index contributed by atoms with van der Waals surface area (Å²) in [6.45, 7) is 1.25. The quantitative estimate of drug-likeness (QED) is 0.456. The van der Waals surface area contributed by atoms with Gasteiger partial charge in [-0.1, -0.05) is 11.3 Å². The van der Waals surface area contributed by atoms with E-state index in [2.05, 4.69) is 15.5 Å². The van der Waals surface area contributed by atoms with Gasteiger partial charge in [0.25, 0.3) is 0 Å². The van der Waals surface area contributed by atoms with E-state index in [1.54, 1.807) is 11.3 Å². The van der Waals surface area contributed by atoms with Crippen LogP contribution < -0.4 is 4.57 Å². The minimum Gasteiger partial charge on any atom is -0.193 e. The number of rotatable bonds is 0. The maximum absolute atomic E-state index is 2.34. The zero-order valence-electron chi connectivity index (χ0n) is 4.63. The van der Waals surface area contributed by atoms with Crippen LogP contribution >= 0.6 is 11.3 Å². The molecule has 1 nitrogen and oxygen atoms in total. The zero-order valence-corrected chi connectivity index (χ0v) is 5.45. The highest BCUT2D eigenvalue weighted by Crippen LogP contribution is 2.08. The van der Waals surface area contributed by atoms with Crippen molar-refractivity contribution in [3.05, 3.63) is 16.6 Å². The lowest BCUT2D eigenvalue weighted by Crippen LogP contribution is -2.28. The van der Waals surface area contributed by atoms with Crippen molar-refractivity contribution >= 4 is 11.3 Å². The van der Waals surface area contributed by atoms with Crippen LogP contribution in [0.2, 0.25) is 0 Å². The minimum atomic E-state index is 1.25. The average Bonchev–Trinajstić information content (AvgIpc) is 2.15. The number of aromatic nitrogens is 1. The fourth-order valence-corrected chi connectivity index (χ4v) is 2.01. The van der Waals surface area contributed by atoms with Crippen LogP contribution in [0.15, 0.2) is 10.9 Å². The number of nitrogens with zero attached hydrogens (tertiary/aromatic N) is 1. The highest BCUT2D eigenvalue weighted by molar-refractivity contribution is 7.07. The van der Waals surface area contributed by atoms with Gasteiger partial charge in [0.1, 0.15) is 6.54 Å². The van der Waals surface area contributed by atoms with Crippen LogP contribution in [0.5, 0.6) is 0 Å². The lowest BCUT2D eigenvalue weighted by molar-refractivity contribution is -0.685. The van der Waals surface area contributed by atoms with Gasteiger partial charge in [0, 0.05) is 12.8 Å². The molecule has 2 rings (SSSR count). The van der Waals surface area contributed by atoms with E-state index in [1.807, 2.05) is 0 Å². The lowest BCUT2D eigenvalue weighted by Gasteiger charge is -1.74. The Morgan fingerprint density at radius 2 is 2.62 bits per heavy atom. The summed E-state index contributed by atoms with van der Waals surface area (Å²) in [6.07, 6.45) is 2.65. The second-order valence-corrected chi connectivity index (χ2v) is 2.87. The summed E-state index contributed by atoms with van der Waals surface area (Å²) >= 11 is 1.80. The molecule has 0 saturated heterocycles. The van der Waals surface area contributed by atoms with Crippen molar-refractivity contribution < 1.29 is 4.57 Å². The Morgan fingerprint density at radius 3 is 3.50 bits per heavy atom. The van der Waals surface area contributed by atoms with Crippen LogP contribution in [0.1, 0.15) is 12.1 Å². The number of hydrogen-bond acceptors (Lipinski definition) is 1. The molecule has 0 spiro atoms. The van der Waals surface area contributed by atoms with Crippen molar-refractivity contribution in [2.45, 2.75) is 19.4 Å². The highest BCUT2D eigenvalue weighted by Gasteiger charge is 2.17. The number of aryl methyl sites for hydroxylation is 2. The predicted molar refractivity (Wildman–Crippen MR) is 32.8 cm³/mol. The first-order valence-electron chi connectivity index (χ1n) is 2.91. The van der Waals surface area contributed by atoms with E-state index in [9.17, 15) is 0 Å². The summed E-state index contributed by atoms with van der Waals surface area (Å²) in [5, 5.41) is 2.24. The topological polar surface area (TPSA) is 3.88 Å². The number of fused-ring (bicyclic) bond motifs is 1. The van der Waals surface area contributed by atoms with E-state index in [0.717, 1.165) is 0 Å². The molecule has 0 fully saturated rings. The van der Waals surface area contributed by atoms with Gasteiger partial charge in [-0.05, 0) is 0 Å². The van der Waals surface area contributed by atoms with Gasteiger partial charge >= 0.3 is 0 Å². The molecule has 0 radical (unpaired) electrons. The van der Waals surface area contributed by atoms with Crippen LogP contribution in [0.4, 0.5) is 0 Å². The Morgan fingerprint density at radius 1 is 1.62 bits per heavy atom. The fourth-order valence-electron chi connectivity index (χ4n) is 1.15. The van der Waals surface area contributed by atoms with Crippen molar-refractivity contribution in [2.24, 2.45) is 0 Å². The molecule has 0 bridgehead atoms. The maximum atomic E-state index is 2.34. The molecule has 0 amide bonds. The van der Waals surface area contributed by atoms with Crippen molar-refractivity contribution in [2.75, 3.05) is 0 Å². The van der Waals surface area contributed by atoms with E-state index < -0.39 is 0 Å². The summed E-state index contributed by atoms with van der Waals surface area (Å²) in [7, 11) is 0. The Bertz CT molecular complexity index is 174. The summed E-state index contributed by atoms with van der Waals surface area (Å²) in [5.74, 6) is 0. The molecular formula is C6H8NS+. The van der Waals surface area contributed by atoms with Crippen LogP contribution in [0.25, 0.3) is 0 Å². The summed E-state index contributed by atoms with van der Waals surface area (Å²) in [4.78, 5) is 0. The second-order valence-electron chi connectivity index (χ2n) is 2.15. The summed E-state index contributed by atoms with van der Waals surface area (Å²) in [5.41, 5.74) is 3.72. The highest BCUT2D eigenvalue weighted by atomic mass is 32.1. The van der Waals surface area contributed by atoms with Crippen LogP contribution in [0.3, 0.4) is 0 Å². The molecule has 0 N–H and O–H groups in total. The molecule has 0 unspecified atom stereocenters. The maximum Gasteiger partial charge on any atom is 0.224 e. The SMILES string of the molecule is c1sc[n+]2c1CCC2. The molecule has 2 heterocycles. The standard InChI is InChI=1S/C6H8NS/c1-2-6-4-8-5-7(6)3-1/h4-5H,1-3H2/q+1. The van der Waals surface area contributed by atoms with E-state index in [-0.39, 0.29) is 0 Å². The molecule has 2 heteroatoms. The van der Waals surface area contributed by atoms with Gasteiger partial charge in [-0.15, -0.1) is 0 Å². The predicted octanol–water partition coefficient (Wildman–Crippen LogP) is 0.982. The van der Waals surface area contributed by atoms with Crippen molar-refractivity contribution in [3.8, 4) is 0 Å². The molecule has 0 aliphatic carbocycles. The molecule has 0 aromatic carbocycles. The van der Waals surface area contributed by atoms with Crippen molar-refractivity contribution in [3.63, 3.8) is 0 Å². The van der Waals surface area contributed by atoms with Gasteiger partial charge in [0.05, 0.1) is 5.38 Å². The molecule has 1 aliphatic rings. The van der Waals surface area contributed by atoms with E-state index in [0.29, 0.717) is 0 Å². The molecule has 1 aromatic heterocycles. The third-order valence-corrected chi connectivity index (χ3v) is 2.38. The molecule has 1 aromatic rings. The zero-order chi connectivity index (χ0) is 5.40. The van der Waals surface area contributed by atoms with Gasteiger partial charge in [0.15, 0.2) is 5.69 Å². The molecule has 42 valence electrons. The van der Waals surface area contributed by atoms with Crippen molar-refractivity contribution in [1.82, 2.24) is 0 Å². The molecular weight excluding hydrogens is 118 g/mol. The number of hydrogen-bond donors (Lipinski definition) is 0. The number of thiazole rings is 1. The van der Waals surface area contributed by atoms with E-state index in [1.165, 1.54) is 25.1 Å². The first-order valence-corrected chi connectivity index (χ1v) is 3.85. The Balaban J connectivity index is 2.54. The first kappa shape index (κ1) is 4.50. The normalized spacial score (nSPS) is 16.5. The van der Waals surface area contributed by atoms with Gasteiger partial charge in [-0.3, -0.25) is 0 Å². The van der Waals surface area contributed by atoms with Gasteiger partial charge < -0.3 is 0 Å². The van der Waals surface area contributed by atoms with Gasteiger partial charge in [-0.2, -0.15) is 4.57 Å². The Labute approximate surface area is 52.6 Å². The van der Waals surface area contributed by atoms with E-state index >= 15 is 0 Å². The van der Waals surface area contributed by atoms with E-state index in [4.69, 9.17) is 0 Å². The second kappa shape index (κ2) is 1.55. The Kier molecular flexibility index (Phi) is 0.875. The van der Waals surface area contributed by atoms with Gasteiger partial charge in [-0.25, -0.2) is 0 Å². The van der Waals surface area contributed by atoms with Crippen molar-refractivity contribution in [1.29, 1.82) is 0 Å². The molecule has 8 heavy (non-hydrogen) atoms. The third kappa shape index (κ3) is 0.494. The largest absolute Gasteiger partial charge is 0.224 e. The van der Waals surface area contributed by atoms with Gasteiger partial charge in [0.2, 0.25) is 5.51 Å². The van der Waals surface area contributed by atoms with Crippen LogP contribution in [0, 0.1) is 0 Å². The lowest BCUT2D eigenvalue weighted by atomic mass is 10.3. The third-order valence-electron chi connectivity index (χ3n) is 1.59. The summed E-state index contributed by atoms with van der Waals surface area (Å²) < 4.78 is 2.34. The molecule has 0 atom stereocenters. The van der Waals surface area contributed by atoms with Crippen LogP contribution in [-0.2, 0) is 13.0 Å². The molecule has 0 saturated carbocycles. The average molecular weight is 126 g/mol. The monoisotopic (exact) mass is 126 g/mol. The minimum absolute atomic E-state index is 1.25. The summed E-state index contributed by atoms with van der Waals surface area (Å²) in [6, 6.07) is 0. The smallest absolute Gasteiger partial charge is 0.193 e. The fraction of sp³-hybridized carbons (Fsp3) is 0.500. The van der Waals surface area contributed by atoms with Crippen LogP contribution in [-0.4, -0.2) is 0 Å².